The predicted molar refractivity (Wildman–Crippen MR) is 94.3 cm³/mol. The summed E-state index contributed by atoms with van der Waals surface area (Å²) in [6.07, 6.45) is 0.967. The fraction of sp³-hybridized carbons (Fsp3) is 0.100. The first kappa shape index (κ1) is 15.9. The van der Waals surface area contributed by atoms with E-state index in [1.165, 1.54) is 17.7 Å². The third-order valence-corrected chi connectivity index (χ3v) is 4.51. The van der Waals surface area contributed by atoms with Crippen LogP contribution in [-0.2, 0) is 6.42 Å². The SMILES string of the molecule is CCc1ccc(-c2ccccc2-c2cc(F)c(Br)cc2F)cc1. The van der Waals surface area contributed by atoms with Crippen LogP contribution >= 0.6 is 15.9 Å². The van der Waals surface area contributed by atoms with Crippen molar-refractivity contribution >= 4 is 15.9 Å². The fourth-order valence-electron chi connectivity index (χ4n) is 2.62. The highest BCUT2D eigenvalue weighted by Gasteiger charge is 2.14. The van der Waals surface area contributed by atoms with Gasteiger partial charge < -0.3 is 0 Å². The molecule has 0 aliphatic carbocycles. The number of halogens is 3. The Morgan fingerprint density at radius 2 is 1.43 bits per heavy atom. The lowest BCUT2D eigenvalue weighted by Gasteiger charge is -2.12. The molecule has 3 aromatic rings. The molecule has 0 aliphatic rings. The molecule has 0 atom stereocenters. The molecule has 0 saturated carbocycles. The van der Waals surface area contributed by atoms with E-state index >= 15 is 0 Å². The number of rotatable bonds is 3. The van der Waals surface area contributed by atoms with E-state index in [-0.39, 0.29) is 10.0 Å². The van der Waals surface area contributed by atoms with Gasteiger partial charge in [0.1, 0.15) is 11.6 Å². The summed E-state index contributed by atoms with van der Waals surface area (Å²) in [7, 11) is 0. The maximum Gasteiger partial charge on any atom is 0.138 e. The van der Waals surface area contributed by atoms with Crippen LogP contribution in [0.1, 0.15) is 12.5 Å². The minimum Gasteiger partial charge on any atom is -0.206 e. The van der Waals surface area contributed by atoms with E-state index in [0.717, 1.165) is 17.5 Å². The molecule has 0 amide bonds. The van der Waals surface area contributed by atoms with E-state index in [1.54, 1.807) is 0 Å². The summed E-state index contributed by atoms with van der Waals surface area (Å²) in [5, 5.41) is 0. The molecular weight excluding hydrogens is 358 g/mol. The molecular formula is C20H15BrF2. The van der Waals surface area contributed by atoms with Crippen molar-refractivity contribution in [2.75, 3.05) is 0 Å². The molecule has 0 heterocycles. The zero-order valence-corrected chi connectivity index (χ0v) is 14.2. The Bertz CT molecular complexity index is 839. The largest absolute Gasteiger partial charge is 0.206 e. The molecule has 3 heteroatoms. The van der Waals surface area contributed by atoms with Crippen LogP contribution in [0.3, 0.4) is 0 Å². The molecule has 0 bridgehead atoms. The lowest BCUT2D eigenvalue weighted by atomic mass is 9.93. The lowest BCUT2D eigenvalue weighted by molar-refractivity contribution is 0.597. The van der Waals surface area contributed by atoms with E-state index in [9.17, 15) is 8.78 Å². The molecule has 0 spiro atoms. The Kier molecular flexibility index (Phi) is 4.58. The van der Waals surface area contributed by atoms with Crippen molar-refractivity contribution in [2.45, 2.75) is 13.3 Å². The van der Waals surface area contributed by atoms with Gasteiger partial charge in [-0.05, 0) is 56.7 Å². The minimum atomic E-state index is -0.475. The molecule has 0 fully saturated rings. The van der Waals surface area contributed by atoms with Crippen molar-refractivity contribution < 1.29 is 8.78 Å². The summed E-state index contributed by atoms with van der Waals surface area (Å²) in [5.41, 5.74) is 4.06. The van der Waals surface area contributed by atoms with Crippen molar-refractivity contribution in [1.29, 1.82) is 0 Å². The van der Waals surface area contributed by atoms with Gasteiger partial charge in [-0.2, -0.15) is 0 Å². The normalized spacial score (nSPS) is 10.8. The van der Waals surface area contributed by atoms with E-state index in [0.29, 0.717) is 5.56 Å². The van der Waals surface area contributed by atoms with Crippen LogP contribution in [0.5, 0.6) is 0 Å². The van der Waals surface area contributed by atoms with E-state index in [4.69, 9.17) is 0 Å². The highest BCUT2D eigenvalue weighted by Crippen LogP contribution is 2.35. The summed E-state index contributed by atoms with van der Waals surface area (Å²) >= 11 is 3.02. The maximum atomic E-state index is 14.3. The second kappa shape index (κ2) is 6.63. The monoisotopic (exact) mass is 372 g/mol. The van der Waals surface area contributed by atoms with Crippen LogP contribution in [-0.4, -0.2) is 0 Å². The van der Waals surface area contributed by atoms with Crippen molar-refractivity contribution in [3.63, 3.8) is 0 Å². The highest BCUT2D eigenvalue weighted by molar-refractivity contribution is 9.10. The van der Waals surface area contributed by atoms with Gasteiger partial charge in [0.05, 0.1) is 4.47 Å². The molecule has 3 aromatic carbocycles. The predicted octanol–water partition coefficient (Wildman–Crippen LogP) is 6.62. The second-order valence-electron chi connectivity index (χ2n) is 5.34. The van der Waals surface area contributed by atoms with E-state index in [2.05, 4.69) is 35.0 Å². The maximum absolute atomic E-state index is 14.3. The first-order chi connectivity index (χ1) is 11.1. The van der Waals surface area contributed by atoms with Gasteiger partial charge in [-0.1, -0.05) is 55.5 Å². The Balaban J connectivity index is 2.16. The van der Waals surface area contributed by atoms with Crippen molar-refractivity contribution in [3.8, 4) is 22.3 Å². The molecule has 0 saturated heterocycles. The van der Waals surface area contributed by atoms with Gasteiger partial charge in [0.15, 0.2) is 0 Å². The van der Waals surface area contributed by atoms with Gasteiger partial charge in [0.25, 0.3) is 0 Å². The van der Waals surface area contributed by atoms with Crippen LogP contribution in [0.25, 0.3) is 22.3 Å². The summed E-state index contributed by atoms with van der Waals surface area (Å²) in [6.45, 7) is 2.10. The van der Waals surface area contributed by atoms with Gasteiger partial charge >= 0.3 is 0 Å². The number of hydrogen-bond donors (Lipinski definition) is 0. The first-order valence-corrected chi connectivity index (χ1v) is 8.22. The molecule has 0 N–H and O–H groups in total. The summed E-state index contributed by atoms with van der Waals surface area (Å²) in [4.78, 5) is 0. The van der Waals surface area contributed by atoms with Crippen LogP contribution in [0.4, 0.5) is 8.78 Å². The third-order valence-electron chi connectivity index (χ3n) is 3.90. The number of benzene rings is 3. The Morgan fingerprint density at radius 1 is 0.783 bits per heavy atom. The zero-order valence-electron chi connectivity index (χ0n) is 12.6. The summed E-state index contributed by atoms with van der Waals surface area (Å²) in [6, 6.07) is 18.0. The molecule has 0 aromatic heterocycles. The zero-order chi connectivity index (χ0) is 16.4. The average Bonchev–Trinajstić information content (AvgIpc) is 2.58. The minimum absolute atomic E-state index is 0.128. The van der Waals surface area contributed by atoms with Crippen LogP contribution in [0.2, 0.25) is 0 Å². The molecule has 0 aliphatic heterocycles. The third kappa shape index (κ3) is 3.20. The van der Waals surface area contributed by atoms with E-state index in [1.807, 2.05) is 36.4 Å². The smallest absolute Gasteiger partial charge is 0.138 e. The van der Waals surface area contributed by atoms with Crippen molar-refractivity contribution in [3.05, 3.63) is 82.3 Å². The number of hydrogen-bond acceptors (Lipinski definition) is 0. The molecule has 0 radical (unpaired) electrons. The van der Waals surface area contributed by atoms with Crippen LogP contribution < -0.4 is 0 Å². The van der Waals surface area contributed by atoms with Crippen LogP contribution in [0.15, 0.2) is 65.1 Å². The molecule has 0 unspecified atom stereocenters. The summed E-state index contributed by atoms with van der Waals surface area (Å²) < 4.78 is 28.3. The molecule has 3 rings (SSSR count). The Labute approximate surface area is 142 Å². The van der Waals surface area contributed by atoms with E-state index < -0.39 is 11.6 Å². The van der Waals surface area contributed by atoms with Gasteiger partial charge in [0, 0.05) is 5.56 Å². The Morgan fingerprint density at radius 3 is 2.09 bits per heavy atom. The van der Waals surface area contributed by atoms with Gasteiger partial charge in [0.2, 0.25) is 0 Å². The fourth-order valence-corrected chi connectivity index (χ4v) is 2.93. The molecule has 116 valence electrons. The second-order valence-corrected chi connectivity index (χ2v) is 6.20. The molecule has 23 heavy (non-hydrogen) atoms. The van der Waals surface area contributed by atoms with Gasteiger partial charge in [-0.25, -0.2) is 8.78 Å². The highest BCUT2D eigenvalue weighted by atomic mass is 79.9. The standard InChI is InChI=1S/C20H15BrF2/c1-2-13-7-9-14(10-8-13)15-5-3-4-6-16(15)17-11-20(23)18(21)12-19(17)22/h3-12H,2H2,1H3. The number of aryl methyl sites for hydroxylation is 1. The topological polar surface area (TPSA) is 0 Å². The Hall–Kier alpha value is -2.00. The van der Waals surface area contributed by atoms with Crippen molar-refractivity contribution in [1.82, 2.24) is 0 Å². The summed E-state index contributed by atoms with van der Waals surface area (Å²) in [5.74, 6) is -0.923. The quantitative estimate of drug-likeness (QED) is 0.453. The molecule has 0 nitrogen and oxygen atoms in total. The van der Waals surface area contributed by atoms with Gasteiger partial charge in [-0.3, -0.25) is 0 Å². The van der Waals surface area contributed by atoms with Crippen LogP contribution in [0, 0.1) is 11.6 Å². The first-order valence-electron chi connectivity index (χ1n) is 7.43. The van der Waals surface area contributed by atoms with Gasteiger partial charge in [-0.15, -0.1) is 0 Å². The average molecular weight is 373 g/mol. The lowest BCUT2D eigenvalue weighted by Crippen LogP contribution is -1.91. The van der Waals surface area contributed by atoms with Crippen molar-refractivity contribution in [2.24, 2.45) is 0 Å².